The van der Waals surface area contributed by atoms with Gasteiger partial charge in [0.25, 0.3) is 0 Å². The number of carbonyl (C=O) groups excluding carboxylic acids is 1. The van der Waals surface area contributed by atoms with Gasteiger partial charge < -0.3 is 14.2 Å². The van der Waals surface area contributed by atoms with Crippen molar-refractivity contribution in [1.82, 2.24) is 0 Å². The van der Waals surface area contributed by atoms with Crippen molar-refractivity contribution >= 4 is 24.2 Å². The molecule has 0 saturated carbocycles. The predicted molar refractivity (Wildman–Crippen MR) is 79.3 cm³/mol. The molecule has 5 heteroatoms. The van der Waals surface area contributed by atoms with E-state index < -0.39 is 0 Å². The SMILES string of the molecule is CN1C(=O)Cc2ccc(B3OC(C)(C)C(C)(C)O3)cc21. The molecule has 20 heavy (non-hydrogen) atoms. The van der Waals surface area contributed by atoms with E-state index in [1.54, 1.807) is 4.90 Å². The van der Waals surface area contributed by atoms with Crippen LogP contribution in [0.3, 0.4) is 0 Å². The van der Waals surface area contributed by atoms with Crippen LogP contribution in [0.2, 0.25) is 0 Å². The maximum Gasteiger partial charge on any atom is 0.494 e. The molecule has 0 N–H and O–H groups in total. The second-order valence-corrected chi connectivity index (χ2v) is 6.61. The smallest absolute Gasteiger partial charge is 0.399 e. The summed E-state index contributed by atoms with van der Waals surface area (Å²) < 4.78 is 12.1. The van der Waals surface area contributed by atoms with E-state index in [4.69, 9.17) is 9.31 Å². The van der Waals surface area contributed by atoms with E-state index in [0.717, 1.165) is 16.7 Å². The summed E-state index contributed by atoms with van der Waals surface area (Å²) >= 11 is 0. The zero-order valence-corrected chi connectivity index (χ0v) is 12.7. The Hall–Kier alpha value is -1.33. The molecule has 1 fully saturated rings. The van der Waals surface area contributed by atoms with Gasteiger partial charge in [-0.1, -0.05) is 12.1 Å². The van der Waals surface area contributed by atoms with Crippen LogP contribution in [0, 0.1) is 0 Å². The van der Waals surface area contributed by atoms with Gasteiger partial charge in [-0.3, -0.25) is 4.79 Å². The molecule has 0 aromatic heterocycles. The Kier molecular flexibility index (Phi) is 2.79. The molecule has 1 aromatic carbocycles. The van der Waals surface area contributed by atoms with Gasteiger partial charge in [0.1, 0.15) is 0 Å². The van der Waals surface area contributed by atoms with Gasteiger partial charge in [0.2, 0.25) is 5.91 Å². The first kappa shape index (κ1) is 13.6. The molecule has 106 valence electrons. The molecule has 0 aliphatic carbocycles. The first-order valence-electron chi connectivity index (χ1n) is 6.96. The largest absolute Gasteiger partial charge is 0.494 e. The van der Waals surface area contributed by atoms with Crippen LogP contribution in [0.25, 0.3) is 0 Å². The number of fused-ring (bicyclic) bond motifs is 1. The van der Waals surface area contributed by atoms with Crippen molar-refractivity contribution < 1.29 is 14.1 Å². The Morgan fingerprint density at radius 1 is 1.15 bits per heavy atom. The highest BCUT2D eigenvalue weighted by atomic mass is 16.7. The Bertz CT molecular complexity index is 566. The Balaban J connectivity index is 1.93. The standard InChI is InChI=1S/C15H20BNO3/c1-14(2)15(3,4)20-16(19-14)11-7-6-10-8-13(18)17(5)12(10)9-11/h6-7,9H,8H2,1-5H3. The van der Waals surface area contributed by atoms with Crippen LogP contribution in [0.4, 0.5) is 5.69 Å². The van der Waals surface area contributed by atoms with E-state index in [9.17, 15) is 4.79 Å². The molecule has 0 unspecified atom stereocenters. The Morgan fingerprint density at radius 3 is 2.35 bits per heavy atom. The van der Waals surface area contributed by atoms with Crippen molar-refractivity contribution in [2.24, 2.45) is 0 Å². The van der Waals surface area contributed by atoms with Crippen molar-refractivity contribution in [3.8, 4) is 0 Å². The summed E-state index contributed by atoms with van der Waals surface area (Å²) in [5.74, 6) is 0.131. The van der Waals surface area contributed by atoms with Gasteiger partial charge in [0, 0.05) is 12.7 Å². The van der Waals surface area contributed by atoms with Gasteiger partial charge in [-0.25, -0.2) is 0 Å². The Labute approximate surface area is 120 Å². The first-order valence-corrected chi connectivity index (χ1v) is 6.96. The molecule has 0 radical (unpaired) electrons. The molecule has 2 aliphatic heterocycles. The predicted octanol–water partition coefficient (Wildman–Crippen LogP) is 1.50. The normalized spacial score (nSPS) is 23.4. The Morgan fingerprint density at radius 2 is 1.75 bits per heavy atom. The van der Waals surface area contributed by atoms with E-state index in [-0.39, 0.29) is 24.2 Å². The van der Waals surface area contributed by atoms with Gasteiger partial charge in [-0.05, 0) is 44.8 Å². The zero-order chi connectivity index (χ0) is 14.7. The lowest BCUT2D eigenvalue weighted by atomic mass is 9.78. The van der Waals surface area contributed by atoms with Crippen LogP contribution >= 0.6 is 0 Å². The number of rotatable bonds is 1. The van der Waals surface area contributed by atoms with Crippen molar-refractivity contribution in [3.05, 3.63) is 23.8 Å². The van der Waals surface area contributed by atoms with Crippen LogP contribution in [0.1, 0.15) is 33.3 Å². The minimum atomic E-state index is -0.380. The highest BCUT2D eigenvalue weighted by molar-refractivity contribution is 6.62. The topological polar surface area (TPSA) is 38.8 Å². The highest BCUT2D eigenvalue weighted by Gasteiger charge is 2.51. The van der Waals surface area contributed by atoms with Gasteiger partial charge >= 0.3 is 7.12 Å². The molecule has 2 aliphatic rings. The summed E-state index contributed by atoms with van der Waals surface area (Å²) in [6, 6.07) is 5.99. The minimum Gasteiger partial charge on any atom is -0.399 e. The van der Waals surface area contributed by atoms with Gasteiger partial charge in [-0.2, -0.15) is 0 Å². The molecule has 0 spiro atoms. The second kappa shape index (κ2) is 4.09. The number of carbonyl (C=O) groups is 1. The van der Waals surface area contributed by atoms with E-state index in [1.165, 1.54) is 0 Å². The van der Waals surface area contributed by atoms with Gasteiger partial charge in [0.05, 0.1) is 17.6 Å². The maximum absolute atomic E-state index is 11.7. The summed E-state index contributed by atoms with van der Waals surface area (Å²) in [7, 11) is 1.43. The molecule has 2 heterocycles. The van der Waals surface area contributed by atoms with Crippen molar-refractivity contribution in [3.63, 3.8) is 0 Å². The number of hydrogen-bond donors (Lipinski definition) is 0. The average Bonchev–Trinajstić information content (AvgIpc) is 2.74. The fraction of sp³-hybridized carbons (Fsp3) is 0.533. The molecule has 1 aromatic rings. The van der Waals surface area contributed by atoms with Crippen molar-refractivity contribution in [1.29, 1.82) is 0 Å². The molecule has 1 amide bonds. The lowest BCUT2D eigenvalue weighted by molar-refractivity contribution is -0.117. The van der Waals surface area contributed by atoms with Crippen LogP contribution < -0.4 is 10.4 Å². The summed E-state index contributed by atoms with van der Waals surface area (Å²) in [4.78, 5) is 13.4. The average molecular weight is 273 g/mol. The summed E-state index contributed by atoms with van der Waals surface area (Å²) in [6.07, 6.45) is 0.482. The monoisotopic (exact) mass is 273 g/mol. The van der Waals surface area contributed by atoms with Crippen LogP contribution in [0.15, 0.2) is 18.2 Å². The van der Waals surface area contributed by atoms with Gasteiger partial charge in [-0.15, -0.1) is 0 Å². The van der Waals surface area contributed by atoms with E-state index in [2.05, 4.69) is 0 Å². The van der Waals surface area contributed by atoms with E-state index in [1.807, 2.05) is 52.9 Å². The zero-order valence-electron chi connectivity index (χ0n) is 12.7. The summed E-state index contributed by atoms with van der Waals surface area (Å²) in [6.45, 7) is 8.15. The fourth-order valence-electron chi connectivity index (χ4n) is 2.58. The second-order valence-electron chi connectivity index (χ2n) is 6.61. The lowest BCUT2D eigenvalue weighted by Crippen LogP contribution is -2.41. The number of nitrogens with zero attached hydrogens (tertiary/aromatic N) is 1. The van der Waals surface area contributed by atoms with Crippen LogP contribution in [0.5, 0.6) is 0 Å². The number of anilines is 1. The number of amides is 1. The summed E-state index contributed by atoms with van der Waals surface area (Å²) in [5.41, 5.74) is 2.29. The molecule has 0 atom stereocenters. The van der Waals surface area contributed by atoms with E-state index >= 15 is 0 Å². The highest BCUT2D eigenvalue weighted by Crippen LogP contribution is 2.37. The molecular formula is C15H20BNO3. The minimum absolute atomic E-state index is 0.131. The quantitative estimate of drug-likeness (QED) is 0.728. The number of likely N-dealkylation sites (N-methyl/N-ethyl adjacent to an activating group) is 1. The third kappa shape index (κ3) is 1.88. The number of hydrogen-bond acceptors (Lipinski definition) is 3. The first-order chi connectivity index (χ1) is 9.21. The van der Waals surface area contributed by atoms with Gasteiger partial charge in [0.15, 0.2) is 0 Å². The third-order valence-electron chi connectivity index (χ3n) is 4.71. The molecular weight excluding hydrogens is 253 g/mol. The summed E-state index contributed by atoms with van der Waals surface area (Å²) in [5, 5.41) is 0. The van der Waals surface area contributed by atoms with Crippen LogP contribution in [-0.2, 0) is 20.5 Å². The van der Waals surface area contributed by atoms with E-state index in [0.29, 0.717) is 6.42 Å². The number of benzene rings is 1. The molecule has 0 bridgehead atoms. The van der Waals surface area contributed by atoms with Crippen molar-refractivity contribution in [2.75, 3.05) is 11.9 Å². The fourth-order valence-corrected chi connectivity index (χ4v) is 2.58. The third-order valence-corrected chi connectivity index (χ3v) is 4.71. The molecule has 3 rings (SSSR count). The maximum atomic E-state index is 11.7. The molecule has 4 nitrogen and oxygen atoms in total. The van der Waals surface area contributed by atoms with Crippen LogP contribution in [-0.4, -0.2) is 31.3 Å². The molecule has 1 saturated heterocycles. The lowest BCUT2D eigenvalue weighted by Gasteiger charge is -2.32. The van der Waals surface area contributed by atoms with Crippen molar-refractivity contribution in [2.45, 2.75) is 45.3 Å².